The topological polar surface area (TPSA) is 59.2 Å². The molecule has 0 spiro atoms. The Morgan fingerprint density at radius 2 is 1.95 bits per heavy atom. The molecule has 0 atom stereocenters. The molecule has 106 valence electrons. The molecule has 1 heterocycles. The third-order valence-electron chi connectivity index (χ3n) is 3.09. The molecule has 2 rings (SSSR count). The SMILES string of the molecule is COC(=O)c1ccc2[nH]cc(C(=O)CC(C)(C)C)c2c1. The van der Waals surface area contributed by atoms with Gasteiger partial charge >= 0.3 is 5.97 Å². The predicted octanol–water partition coefficient (Wildman–Crippen LogP) is 3.57. The highest BCUT2D eigenvalue weighted by Gasteiger charge is 2.20. The van der Waals surface area contributed by atoms with Crippen LogP contribution in [0.2, 0.25) is 0 Å². The van der Waals surface area contributed by atoms with Crippen LogP contribution in [0.5, 0.6) is 0 Å². The second-order valence-electron chi connectivity index (χ2n) is 6.11. The van der Waals surface area contributed by atoms with Gasteiger partial charge < -0.3 is 9.72 Å². The maximum Gasteiger partial charge on any atom is 0.337 e. The molecule has 0 aliphatic heterocycles. The molecular formula is C16H19NO3. The van der Waals surface area contributed by atoms with E-state index in [-0.39, 0.29) is 11.2 Å². The number of hydrogen-bond acceptors (Lipinski definition) is 3. The number of aromatic nitrogens is 1. The number of benzene rings is 1. The van der Waals surface area contributed by atoms with Crippen LogP contribution in [0.3, 0.4) is 0 Å². The minimum absolute atomic E-state index is 0.0688. The quantitative estimate of drug-likeness (QED) is 0.687. The van der Waals surface area contributed by atoms with Gasteiger partial charge in [-0.2, -0.15) is 0 Å². The summed E-state index contributed by atoms with van der Waals surface area (Å²) in [6.45, 7) is 6.08. The lowest BCUT2D eigenvalue weighted by atomic mass is 9.88. The number of carbonyl (C=O) groups excluding carboxylic acids is 2. The first-order valence-corrected chi connectivity index (χ1v) is 6.54. The first kappa shape index (κ1) is 14.3. The van der Waals surface area contributed by atoms with Gasteiger partial charge in [-0.15, -0.1) is 0 Å². The summed E-state index contributed by atoms with van der Waals surface area (Å²) in [5.41, 5.74) is 1.85. The fourth-order valence-electron chi connectivity index (χ4n) is 2.17. The zero-order valence-electron chi connectivity index (χ0n) is 12.2. The number of nitrogens with one attached hydrogen (secondary N) is 1. The molecule has 0 radical (unpaired) electrons. The summed E-state index contributed by atoms with van der Waals surface area (Å²) in [7, 11) is 1.34. The van der Waals surface area contributed by atoms with Gasteiger partial charge in [-0.25, -0.2) is 4.79 Å². The maximum atomic E-state index is 12.3. The number of ether oxygens (including phenoxy) is 1. The van der Waals surface area contributed by atoms with Crippen molar-refractivity contribution < 1.29 is 14.3 Å². The summed E-state index contributed by atoms with van der Waals surface area (Å²) in [6.07, 6.45) is 2.17. The summed E-state index contributed by atoms with van der Waals surface area (Å²) >= 11 is 0. The van der Waals surface area contributed by atoms with E-state index >= 15 is 0 Å². The number of fused-ring (bicyclic) bond motifs is 1. The number of hydrogen-bond donors (Lipinski definition) is 1. The number of carbonyl (C=O) groups is 2. The summed E-state index contributed by atoms with van der Waals surface area (Å²) in [5, 5.41) is 0.766. The second-order valence-corrected chi connectivity index (χ2v) is 6.11. The van der Waals surface area contributed by atoms with Crippen LogP contribution < -0.4 is 0 Å². The Kier molecular flexibility index (Phi) is 3.66. The van der Waals surface area contributed by atoms with Crippen molar-refractivity contribution in [3.05, 3.63) is 35.5 Å². The van der Waals surface area contributed by atoms with Gasteiger partial charge in [0.2, 0.25) is 0 Å². The van der Waals surface area contributed by atoms with Crippen LogP contribution in [-0.2, 0) is 4.74 Å². The first-order valence-electron chi connectivity index (χ1n) is 6.54. The standard InChI is InChI=1S/C16H19NO3/c1-16(2,3)8-14(18)12-9-17-13-6-5-10(7-11(12)13)15(19)20-4/h5-7,9,17H,8H2,1-4H3. The van der Waals surface area contributed by atoms with Gasteiger partial charge in [0, 0.05) is 29.1 Å². The molecule has 0 unspecified atom stereocenters. The number of H-pyrrole nitrogens is 1. The smallest absolute Gasteiger partial charge is 0.337 e. The van der Waals surface area contributed by atoms with Gasteiger partial charge in [0.05, 0.1) is 12.7 Å². The molecule has 4 heteroatoms. The van der Waals surface area contributed by atoms with Crippen molar-refractivity contribution in [1.82, 2.24) is 4.98 Å². The van der Waals surface area contributed by atoms with Crippen molar-refractivity contribution >= 4 is 22.7 Å². The summed E-state index contributed by atoms with van der Waals surface area (Å²) < 4.78 is 4.71. The van der Waals surface area contributed by atoms with E-state index in [1.807, 2.05) is 20.8 Å². The lowest BCUT2D eigenvalue weighted by molar-refractivity contribution is 0.0600. The second kappa shape index (κ2) is 5.12. The number of Topliss-reactive ketones (excluding diaryl/α,β-unsaturated/α-hetero) is 1. The third kappa shape index (κ3) is 2.90. The lowest BCUT2D eigenvalue weighted by Gasteiger charge is -2.16. The first-order chi connectivity index (χ1) is 9.31. The van der Waals surface area contributed by atoms with Crippen molar-refractivity contribution in [3.8, 4) is 0 Å². The Hall–Kier alpha value is -2.10. The third-order valence-corrected chi connectivity index (χ3v) is 3.09. The van der Waals surface area contributed by atoms with Gasteiger partial charge in [0.1, 0.15) is 0 Å². The van der Waals surface area contributed by atoms with Crippen molar-refractivity contribution in [2.45, 2.75) is 27.2 Å². The molecule has 1 aromatic carbocycles. The summed E-state index contributed by atoms with van der Waals surface area (Å²) in [5.74, 6) is -0.326. The minimum Gasteiger partial charge on any atom is -0.465 e. The molecule has 0 bridgehead atoms. The van der Waals surface area contributed by atoms with Crippen molar-refractivity contribution in [1.29, 1.82) is 0 Å². The minimum atomic E-state index is -0.401. The number of ketones is 1. The van der Waals surface area contributed by atoms with E-state index in [0.29, 0.717) is 17.5 Å². The van der Waals surface area contributed by atoms with Crippen LogP contribution in [0.25, 0.3) is 10.9 Å². The number of rotatable bonds is 3. The van der Waals surface area contributed by atoms with Crippen LogP contribution in [-0.4, -0.2) is 23.8 Å². The van der Waals surface area contributed by atoms with E-state index in [2.05, 4.69) is 4.98 Å². The Bertz CT molecular complexity index is 662. The number of methoxy groups -OCH3 is 1. The Labute approximate surface area is 118 Å². The molecule has 20 heavy (non-hydrogen) atoms. The average Bonchev–Trinajstić information content (AvgIpc) is 2.78. The molecule has 0 saturated carbocycles. The molecule has 0 amide bonds. The van der Waals surface area contributed by atoms with Crippen molar-refractivity contribution in [3.63, 3.8) is 0 Å². The number of esters is 1. The largest absolute Gasteiger partial charge is 0.465 e. The van der Waals surface area contributed by atoms with Gasteiger partial charge in [-0.05, 0) is 23.6 Å². The van der Waals surface area contributed by atoms with Crippen molar-refractivity contribution in [2.75, 3.05) is 7.11 Å². The fraction of sp³-hybridized carbons (Fsp3) is 0.375. The zero-order chi connectivity index (χ0) is 14.9. The molecule has 4 nitrogen and oxygen atoms in total. The van der Waals surface area contributed by atoms with Gasteiger partial charge in [0.25, 0.3) is 0 Å². The van der Waals surface area contributed by atoms with E-state index in [1.54, 1.807) is 24.4 Å². The Morgan fingerprint density at radius 1 is 1.25 bits per heavy atom. The fourth-order valence-corrected chi connectivity index (χ4v) is 2.17. The van der Waals surface area contributed by atoms with Crippen LogP contribution >= 0.6 is 0 Å². The van der Waals surface area contributed by atoms with Gasteiger partial charge in [-0.3, -0.25) is 4.79 Å². The monoisotopic (exact) mass is 273 g/mol. The summed E-state index contributed by atoms with van der Waals surface area (Å²) in [6, 6.07) is 5.17. The average molecular weight is 273 g/mol. The molecule has 0 aliphatic rings. The van der Waals surface area contributed by atoms with Crippen LogP contribution in [0, 0.1) is 5.41 Å². The van der Waals surface area contributed by atoms with Crippen LogP contribution in [0.1, 0.15) is 47.9 Å². The molecule has 2 aromatic rings. The van der Waals surface area contributed by atoms with E-state index in [9.17, 15) is 9.59 Å². The highest BCUT2D eigenvalue weighted by Crippen LogP contribution is 2.26. The lowest BCUT2D eigenvalue weighted by Crippen LogP contribution is -2.12. The molecular weight excluding hydrogens is 254 g/mol. The Balaban J connectivity index is 2.44. The van der Waals surface area contributed by atoms with Crippen LogP contribution in [0.15, 0.2) is 24.4 Å². The summed E-state index contributed by atoms with van der Waals surface area (Å²) in [4.78, 5) is 27.0. The van der Waals surface area contributed by atoms with Gasteiger partial charge in [0.15, 0.2) is 5.78 Å². The molecule has 0 saturated heterocycles. The van der Waals surface area contributed by atoms with E-state index < -0.39 is 5.97 Å². The highest BCUT2D eigenvalue weighted by molar-refractivity contribution is 6.09. The van der Waals surface area contributed by atoms with Crippen LogP contribution in [0.4, 0.5) is 0 Å². The maximum absolute atomic E-state index is 12.3. The molecule has 1 N–H and O–H groups in total. The molecule has 0 fully saturated rings. The zero-order valence-corrected chi connectivity index (χ0v) is 12.2. The van der Waals surface area contributed by atoms with E-state index in [1.165, 1.54) is 7.11 Å². The Morgan fingerprint density at radius 3 is 2.55 bits per heavy atom. The molecule has 0 aliphatic carbocycles. The van der Waals surface area contributed by atoms with Crippen molar-refractivity contribution in [2.24, 2.45) is 5.41 Å². The van der Waals surface area contributed by atoms with Gasteiger partial charge in [-0.1, -0.05) is 20.8 Å². The normalized spacial score (nSPS) is 11.6. The molecule has 1 aromatic heterocycles. The predicted molar refractivity (Wildman–Crippen MR) is 78.0 cm³/mol. The number of aromatic amines is 1. The van der Waals surface area contributed by atoms with E-state index in [0.717, 1.165) is 10.9 Å². The highest BCUT2D eigenvalue weighted by atomic mass is 16.5. The van der Waals surface area contributed by atoms with E-state index in [4.69, 9.17) is 4.74 Å².